The van der Waals surface area contributed by atoms with Crippen LogP contribution in [0.1, 0.15) is 33.2 Å². The molecule has 0 N–H and O–H groups in total. The van der Waals surface area contributed by atoms with Crippen LogP contribution in [0.25, 0.3) is 0 Å². The van der Waals surface area contributed by atoms with Crippen molar-refractivity contribution in [2.75, 3.05) is 0 Å². The van der Waals surface area contributed by atoms with Crippen LogP contribution in [0.5, 0.6) is 0 Å². The quantitative estimate of drug-likeness (QED) is 0.602. The minimum absolute atomic E-state index is 0.153. The molecule has 0 aromatic heterocycles. The fraction of sp³-hybridized carbons (Fsp3) is 0.250. The van der Waals surface area contributed by atoms with Crippen molar-refractivity contribution in [3.8, 4) is 0 Å². The van der Waals surface area contributed by atoms with Crippen LogP contribution in [-0.2, 0) is 0 Å². The van der Waals surface area contributed by atoms with E-state index in [1.165, 1.54) is 0 Å². The maximum atomic E-state index is 13.6. The lowest BCUT2D eigenvalue weighted by molar-refractivity contribution is 0.608. The number of rotatable bonds is 2. The minimum atomic E-state index is -0.259. The van der Waals surface area contributed by atoms with Gasteiger partial charge in [0.05, 0.1) is 5.38 Å². The molecule has 0 fully saturated rings. The molecule has 0 saturated heterocycles. The van der Waals surface area contributed by atoms with Crippen LogP contribution in [0.2, 0.25) is 0 Å². The number of hydrogen-bond donors (Lipinski definition) is 0. The second-order valence-electron chi connectivity index (χ2n) is 4.84. The summed E-state index contributed by atoms with van der Waals surface area (Å²) < 4.78 is 14.7. The molecule has 19 heavy (non-hydrogen) atoms. The molecule has 0 heterocycles. The summed E-state index contributed by atoms with van der Waals surface area (Å²) in [7, 11) is 0. The first kappa shape index (κ1) is 14.5. The van der Waals surface area contributed by atoms with E-state index in [4.69, 9.17) is 11.6 Å². The summed E-state index contributed by atoms with van der Waals surface area (Å²) in [6.07, 6.45) is 0. The molecule has 0 amide bonds. The lowest BCUT2D eigenvalue weighted by Crippen LogP contribution is -1.98. The van der Waals surface area contributed by atoms with Gasteiger partial charge < -0.3 is 0 Å². The zero-order valence-corrected chi connectivity index (χ0v) is 13.4. The summed E-state index contributed by atoms with van der Waals surface area (Å²) in [6, 6.07) is 9.66. The molecule has 3 heteroatoms. The monoisotopic (exact) mass is 340 g/mol. The minimum Gasteiger partial charge on any atom is -0.206 e. The molecular weight excluding hydrogens is 327 g/mol. The highest BCUT2D eigenvalue weighted by atomic mass is 79.9. The third kappa shape index (κ3) is 3.01. The predicted octanol–water partition coefficient (Wildman–Crippen LogP) is 5.84. The van der Waals surface area contributed by atoms with Crippen LogP contribution in [0.3, 0.4) is 0 Å². The number of alkyl halides is 1. The highest BCUT2D eigenvalue weighted by Crippen LogP contribution is 2.32. The number of aryl methyl sites for hydroxylation is 3. The van der Waals surface area contributed by atoms with Crippen LogP contribution in [0, 0.1) is 26.6 Å². The van der Waals surface area contributed by atoms with Gasteiger partial charge in [-0.15, -0.1) is 11.6 Å². The molecule has 0 aliphatic rings. The van der Waals surface area contributed by atoms with Gasteiger partial charge in [0.25, 0.3) is 0 Å². The Morgan fingerprint density at radius 2 is 1.47 bits per heavy atom. The molecule has 0 saturated carbocycles. The Balaban J connectivity index is 2.43. The third-order valence-corrected chi connectivity index (χ3v) is 4.62. The summed E-state index contributed by atoms with van der Waals surface area (Å²) in [6.45, 7) is 5.56. The third-order valence-electron chi connectivity index (χ3n) is 3.23. The van der Waals surface area contributed by atoms with E-state index in [0.29, 0.717) is 11.1 Å². The largest absolute Gasteiger partial charge is 0.206 e. The van der Waals surface area contributed by atoms with Crippen LogP contribution in [0.4, 0.5) is 4.39 Å². The molecule has 2 rings (SSSR count). The van der Waals surface area contributed by atoms with E-state index in [-0.39, 0.29) is 11.2 Å². The number of benzene rings is 2. The fourth-order valence-corrected chi connectivity index (χ4v) is 2.65. The van der Waals surface area contributed by atoms with E-state index in [0.717, 1.165) is 21.2 Å². The molecule has 1 unspecified atom stereocenters. The van der Waals surface area contributed by atoms with E-state index in [9.17, 15) is 4.39 Å². The highest BCUT2D eigenvalue weighted by Gasteiger charge is 2.14. The Bertz CT molecular complexity index is 599. The molecule has 0 bridgehead atoms. The standard InChI is InChI=1S/C16H15BrClF/c1-9-6-12(4-5-14(9)17)15(18)13-7-10(2)16(19)11(3)8-13/h4-8,15H,1-3H3. The average Bonchev–Trinajstić information content (AvgIpc) is 2.37. The van der Waals surface area contributed by atoms with Crippen LogP contribution in [-0.4, -0.2) is 0 Å². The Hall–Kier alpha value is -0.860. The Kier molecular flexibility index (Phi) is 4.32. The van der Waals surface area contributed by atoms with E-state index in [1.54, 1.807) is 13.8 Å². The Labute approximate surface area is 126 Å². The van der Waals surface area contributed by atoms with Gasteiger partial charge >= 0.3 is 0 Å². The van der Waals surface area contributed by atoms with Gasteiger partial charge in [-0.3, -0.25) is 0 Å². The van der Waals surface area contributed by atoms with E-state index < -0.39 is 0 Å². The molecule has 0 aliphatic carbocycles. The summed E-state index contributed by atoms with van der Waals surface area (Å²) in [5, 5.41) is -0.259. The molecule has 2 aromatic rings. The summed E-state index contributed by atoms with van der Waals surface area (Å²) in [5.41, 5.74) is 4.36. The second kappa shape index (κ2) is 5.64. The van der Waals surface area contributed by atoms with Crippen molar-refractivity contribution >= 4 is 27.5 Å². The Morgan fingerprint density at radius 3 is 2.00 bits per heavy atom. The second-order valence-corrected chi connectivity index (χ2v) is 6.13. The molecule has 0 spiro atoms. The molecule has 0 aliphatic heterocycles. The number of halogens is 3. The SMILES string of the molecule is Cc1cc(C(Cl)c2cc(C)c(F)c(C)c2)ccc1Br. The average molecular weight is 342 g/mol. The van der Waals surface area contributed by atoms with Gasteiger partial charge in [0, 0.05) is 4.47 Å². The van der Waals surface area contributed by atoms with Crippen LogP contribution in [0.15, 0.2) is 34.8 Å². The molecule has 2 aromatic carbocycles. The van der Waals surface area contributed by atoms with Crippen LogP contribution < -0.4 is 0 Å². The lowest BCUT2D eigenvalue weighted by atomic mass is 9.99. The van der Waals surface area contributed by atoms with Crippen molar-refractivity contribution in [1.29, 1.82) is 0 Å². The molecule has 0 nitrogen and oxygen atoms in total. The van der Waals surface area contributed by atoms with Crippen LogP contribution >= 0.6 is 27.5 Å². The van der Waals surface area contributed by atoms with E-state index in [2.05, 4.69) is 22.0 Å². The van der Waals surface area contributed by atoms with Gasteiger partial charge in [0.2, 0.25) is 0 Å². The van der Waals surface area contributed by atoms with Crippen molar-refractivity contribution < 1.29 is 4.39 Å². The van der Waals surface area contributed by atoms with Gasteiger partial charge in [0.15, 0.2) is 0 Å². The van der Waals surface area contributed by atoms with Crippen molar-refractivity contribution in [3.05, 3.63) is 68.4 Å². The van der Waals surface area contributed by atoms with Gasteiger partial charge in [-0.05, 0) is 54.7 Å². The first-order valence-electron chi connectivity index (χ1n) is 6.07. The first-order chi connectivity index (χ1) is 8.90. The normalized spacial score (nSPS) is 12.5. The van der Waals surface area contributed by atoms with Crippen molar-refractivity contribution in [2.24, 2.45) is 0 Å². The zero-order valence-electron chi connectivity index (χ0n) is 11.1. The van der Waals surface area contributed by atoms with Gasteiger partial charge in [-0.25, -0.2) is 4.39 Å². The zero-order chi connectivity index (χ0) is 14.2. The summed E-state index contributed by atoms with van der Waals surface area (Å²) in [5.74, 6) is -0.153. The smallest absolute Gasteiger partial charge is 0.129 e. The van der Waals surface area contributed by atoms with Crippen molar-refractivity contribution in [3.63, 3.8) is 0 Å². The summed E-state index contributed by atoms with van der Waals surface area (Å²) >= 11 is 9.99. The first-order valence-corrected chi connectivity index (χ1v) is 7.30. The number of hydrogen-bond acceptors (Lipinski definition) is 0. The maximum absolute atomic E-state index is 13.6. The molecule has 100 valence electrons. The molecule has 1 atom stereocenters. The maximum Gasteiger partial charge on any atom is 0.129 e. The molecular formula is C16H15BrClF. The van der Waals surface area contributed by atoms with Gasteiger partial charge in [0.1, 0.15) is 5.82 Å². The van der Waals surface area contributed by atoms with Gasteiger partial charge in [-0.2, -0.15) is 0 Å². The summed E-state index contributed by atoms with van der Waals surface area (Å²) in [4.78, 5) is 0. The van der Waals surface area contributed by atoms with E-state index in [1.807, 2.05) is 31.2 Å². The van der Waals surface area contributed by atoms with Crippen molar-refractivity contribution in [2.45, 2.75) is 26.1 Å². The fourth-order valence-electron chi connectivity index (χ4n) is 2.14. The lowest BCUT2D eigenvalue weighted by Gasteiger charge is -2.14. The molecule has 0 radical (unpaired) electrons. The highest BCUT2D eigenvalue weighted by molar-refractivity contribution is 9.10. The van der Waals surface area contributed by atoms with Gasteiger partial charge in [-0.1, -0.05) is 40.2 Å². The van der Waals surface area contributed by atoms with Crippen molar-refractivity contribution in [1.82, 2.24) is 0 Å². The Morgan fingerprint density at radius 1 is 0.947 bits per heavy atom. The predicted molar refractivity (Wildman–Crippen MR) is 82.4 cm³/mol. The van der Waals surface area contributed by atoms with E-state index >= 15 is 0 Å². The topological polar surface area (TPSA) is 0 Å².